The van der Waals surface area contributed by atoms with E-state index in [0.29, 0.717) is 18.1 Å². The highest BCUT2D eigenvalue weighted by molar-refractivity contribution is 7.15. The number of nitrogens with two attached hydrogens (primary N) is 1. The van der Waals surface area contributed by atoms with Crippen molar-refractivity contribution in [3.8, 4) is 23.1 Å². The Morgan fingerprint density at radius 2 is 2.00 bits per heavy atom. The fourth-order valence-corrected chi connectivity index (χ4v) is 2.81. The summed E-state index contributed by atoms with van der Waals surface area (Å²) in [4.78, 5) is 16.9. The van der Waals surface area contributed by atoms with Crippen molar-refractivity contribution in [2.45, 2.75) is 39.7 Å². The number of thiazole rings is 1. The number of alkyl carbamates (subject to hydrolysis) is 1. The second-order valence-corrected chi connectivity index (χ2v) is 7.75. The first-order valence-electron chi connectivity index (χ1n) is 8.03. The lowest BCUT2D eigenvalue weighted by atomic mass is 10.1. The van der Waals surface area contributed by atoms with Crippen molar-refractivity contribution in [2.75, 3.05) is 12.3 Å². The van der Waals surface area contributed by atoms with Gasteiger partial charge in [-0.25, -0.2) is 9.78 Å². The van der Waals surface area contributed by atoms with E-state index >= 15 is 0 Å². The van der Waals surface area contributed by atoms with Crippen molar-refractivity contribution in [1.82, 2.24) is 10.3 Å². The van der Waals surface area contributed by atoms with E-state index in [0.717, 1.165) is 21.7 Å². The first-order valence-corrected chi connectivity index (χ1v) is 8.85. The number of carbonyl (C=O) groups is 1. The lowest BCUT2D eigenvalue weighted by Crippen LogP contribution is -2.32. The highest BCUT2D eigenvalue weighted by Crippen LogP contribution is 2.28. The van der Waals surface area contributed by atoms with Crippen molar-refractivity contribution in [3.05, 3.63) is 34.7 Å². The summed E-state index contributed by atoms with van der Waals surface area (Å²) in [6.07, 6.45) is 0.138. The van der Waals surface area contributed by atoms with E-state index in [9.17, 15) is 4.79 Å². The van der Waals surface area contributed by atoms with Crippen LogP contribution in [0.5, 0.6) is 0 Å². The number of hydrogen-bond acceptors (Lipinski definition) is 5. The van der Waals surface area contributed by atoms with Gasteiger partial charge in [0.1, 0.15) is 5.60 Å². The van der Waals surface area contributed by atoms with Gasteiger partial charge in [-0.2, -0.15) is 0 Å². The predicted molar refractivity (Wildman–Crippen MR) is 102 cm³/mol. The van der Waals surface area contributed by atoms with Gasteiger partial charge in [0.15, 0.2) is 5.13 Å². The lowest BCUT2D eigenvalue weighted by Gasteiger charge is -2.19. The fraction of sp³-hybridized carbons (Fsp3) is 0.368. The fourth-order valence-electron chi connectivity index (χ4n) is 2.10. The Balaban J connectivity index is 1.85. The van der Waals surface area contributed by atoms with Crippen LogP contribution in [0.4, 0.5) is 9.93 Å². The zero-order valence-corrected chi connectivity index (χ0v) is 15.8. The van der Waals surface area contributed by atoms with E-state index in [1.165, 1.54) is 11.3 Å². The maximum Gasteiger partial charge on any atom is 0.407 e. The van der Waals surface area contributed by atoms with Crippen molar-refractivity contribution in [3.63, 3.8) is 0 Å². The minimum Gasteiger partial charge on any atom is -0.444 e. The molecule has 0 saturated carbocycles. The van der Waals surface area contributed by atoms with Gasteiger partial charge in [0.2, 0.25) is 0 Å². The molecular formula is C19H23N3O2S. The van der Waals surface area contributed by atoms with Gasteiger partial charge >= 0.3 is 6.09 Å². The van der Waals surface area contributed by atoms with Crippen LogP contribution in [-0.4, -0.2) is 23.2 Å². The van der Waals surface area contributed by atoms with E-state index in [-0.39, 0.29) is 0 Å². The molecule has 0 atom stereocenters. The Labute approximate surface area is 152 Å². The maximum absolute atomic E-state index is 11.5. The molecule has 0 fully saturated rings. The van der Waals surface area contributed by atoms with E-state index in [2.05, 4.69) is 22.1 Å². The van der Waals surface area contributed by atoms with Gasteiger partial charge in [-0.15, -0.1) is 11.3 Å². The third-order valence-corrected chi connectivity index (χ3v) is 3.92. The number of rotatable bonds is 3. The van der Waals surface area contributed by atoms with Crippen LogP contribution in [0.25, 0.3) is 11.3 Å². The van der Waals surface area contributed by atoms with Crippen molar-refractivity contribution < 1.29 is 9.53 Å². The van der Waals surface area contributed by atoms with Crippen LogP contribution < -0.4 is 11.1 Å². The van der Waals surface area contributed by atoms with Crippen LogP contribution in [0.2, 0.25) is 0 Å². The van der Waals surface area contributed by atoms with E-state index in [1.807, 2.05) is 52.0 Å². The first-order chi connectivity index (χ1) is 11.7. The summed E-state index contributed by atoms with van der Waals surface area (Å²) in [6, 6.07) is 7.89. The molecule has 3 N–H and O–H groups in total. The number of aryl methyl sites for hydroxylation is 1. The molecule has 0 aliphatic heterocycles. The lowest BCUT2D eigenvalue weighted by molar-refractivity contribution is 0.0529. The van der Waals surface area contributed by atoms with E-state index in [4.69, 9.17) is 10.5 Å². The van der Waals surface area contributed by atoms with Crippen LogP contribution in [0, 0.1) is 18.8 Å². The maximum atomic E-state index is 11.5. The van der Waals surface area contributed by atoms with Crippen LogP contribution in [-0.2, 0) is 4.74 Å². The number of carbonyl (C=O) groups excluding carboxylic acids is 1. The minimum absolute atomic E-state index is 0.420. The molecule has 132 valence electrons. The molecule has 0 aliphatic rings. The van der Waals surface area contributed by atoms with Gasteiger partial charge in [-0.3, -0.25) is 0 Å². The number of hydrogen-bond donors (Lipinski definition) is 2. The summed E-state index contributed by atoms with van der Waals surface area (Å²) in [5.74, 6) is 6.12. The molecule has 5 nitrogen and oxygen atoms in total. The summed E-state index contributed by atoms with van der Waals surface area (Å²) < 4.78 is 5.16. The molecule has 2 rings (SSSR count). The van der Waals surface area contributed by atoms with Gasteiger partial charge in [-0.05, 0) is 39.8 Å². The molecule has 0 radical (unpaired) electrons. The second kappa shape index (κ2) is 8.04. The standard InChI is InChI=1S/C19H23N3O2S/c1-13-16(22-17(20)25-13)15-10-8-14(9-11-15)7-5-6-12-21-18(23)24-19(2,3)4/h8-11H,6,12H2,1-4H3,(H2,20,22)(H,21,23). The molecule has 6 heteroatoms. The quantitative estimate of drug-likeness (QED) is 0.644. The van der Waals surface area contributed by atoms with Crippen LogP contribution >= 0.6 is 11.3 Å². The van der Waals surface area contributed by atoms with Gasteiger partial charge in [-0.1, -0.05) is 24.0 Å². The van der Waals surface area contributed by atoms with E-state index < -0.39 is 11.7 Å². The molecule has 0 unspecified atom stereocenters. The molecule has 1 heterocycles. The monoisotopic (exact) mass is 357 g/mol. The topological polar surface area (TPSA) is 77.2 Å². The Hall–Kier alpha value is -2.52. The van der Waals surface area contributed by atoms with Gasteiger partial charge in [0, 0.05) is 29.0 Å². The molecular weight excluding hydrogens is 334 g/mol. The molecule has 25 heavy (non-hydrogen) atoms. The van der Waals surface area contributed by atoms with Crippen LogP contribution in [0.15, 0.2) is 24.3 Å². The summed E-state index contributed by atoms with van der Waals surface area (Å²) in [5.41, 5.74) is 8.12. The zero-order chi connectivity index (χ0) is 18.4. The second-order valence-electron chi connectivity index (χ2n) is 6.51. The third-order valence-electron chi connectivity index (χ3n) is 3.12. The largest absolute Gasteiger partial charge is 0.444 e. The summed E-state index contributed by atoms with van der Waals surface area (Å²) >= 11 is 1.49. The molecule has 1 amide bonds. The number of nitrogens with zero attached hydrogens (tertiary/aromatic N) is 1. The van der Waals surface area contributed by atoms with Gasteiger partial charge in [0.05, 0.1) is 5.69 Å². The SMILES string of the molecule is Cc1sc(N)nc1-c1ccc(C#CCCNC(=O)OC(C)(C)C)cc1. The Bertz CT molecular complexity index is 793. The third kappa shape index (κ3) is 6.12. The number of aromatic nitrogens is 1. The molecule has 0 aliphatic carbocycles. The molecule has 1 aromatic carbocycles. The molecule has 1 aromatic heterocycles. The van der Waals surface area contributed by atoms with E-state index in [1.54, 1.807) is 0 Å². The van der Waals surface area contributed by atoms with Crippen LogP contribution in [0.1, 0.15) is 37.6 Å². The molecule has 0 spiro atoms. The number of amides is 1. The number of nitrogens with one attached hydrogen (secondary N) is 1. The summed E-state index contributed by atoms with van der Waals surface area (Å²) in [5, 5.41) is 3.26. The normalized spacial score (nSPS) is 10.7. The number of benzene rings is 1. The Morgan fingerprint density at radius 3 is 2.56 bits per heavy atom. The molecule has 0 saturated heterocycles. The van der Waals surface area contributed by atoms with Crippen molar-refractivity contribution in [1.29, 1.82) is 0 Å². The van der Waals surface area contributed by atoms with Crippen LogP contribution in [0.3, 0.4) is 0 Å². The zero-order valence-electron chi connectivity index (χ0n) is 15.0. The predicted octanol–water partition coefficient (Wildman–Crippen LogP) is 3.97. The number of anilines is 1. The Kier molecular flexibility index (Phi) is 6.05. The average Bonchev–Trinajstić information content (AvgIpc) is 2.84. The highest BCUT2D eigenvalue weighted by Gasteiger charge is 2.15. The first kappa shape index (κ1) is 18.8. The molecule has 0 bridgehead atoms. The number of ether oxygens (including phenoxy) is 1. The summed E-state index contributed by atoms with van der Waals surface area (Å²) in [7, 11) is 0. The summed E-state index contributed by atoms with van der Waals surface area (Å²) in [6.45, 7) is 7.96. The molecule has 2 aromatic rings. The average molecular weight is 357 g/mol. The van der Waals surface area contributed by atoms with Gasteiger partial charge in [0.25, 0.3) is 0 Å². The van der Waals surface area contributed by atoms with Crippen molar-refractivity contribution >= 4 is 22.6 Å². The van der Waals surface area contributed by atoms with Crippen molar-refractivity contribution in [2.24, 2.45) is 0 Å². The number of nitrogen functional groups attached to an aromatic ring is 1. The van der Waals surface area contributed by atoms with Gasteiger partial charge < -0.3 is 15.8 Å². The minimum atomic E-state index is -0.488. The highest BCUT2D eigenvalue weighted by atomic mass is 32.1. The smallest absolute Gasteiger partial charge is 0.407 e. The Morgan fingerprint density at radius 1 is 1.32 bits per heavy atom.